The molecule has 0 spiro atoms. The minimum Gasteiger partial charge on any atom is -0.490 e. The molecule has 1 aromatic carbocycles. The van der Waals surface area contributed by atoms with Gasteiger partial charge in [0, 0.05) is 13.1 Å². The van der Waals surface area contributed by atoms with Gasteiger partial charge in [-0.25, -0.2) is 0 Å². The molecule has 2 N–H and O–H groups in total. The molecule has 1 fully saturated rings. The third kappa shape index (κ3) is 3.56. The lowest BCUT2D eigenvalue weighted by Crippen LogP contribution is -2.47. The maximum Gasteiger partial charge on any atom is 0.242 e. The van der Waals surface area contributed by atoms with Gasteiger partial charge in [0.05, 0.1) is 18.8 Å². The second-order valence-electron chi connectivity index (χ2n) is 6.07. The van der Waals surface area contributed by atoms with Gasteiger partial charge in [-0.2, -0.15) is 0 Å². The predicted molar refractivity (Wildman–Crippen MR) is 91.3 cm³/mol. The third-order valence-corrected chi connectivity index (χ3v) is 4.38. The second kappa shape index (κ2) is 6.97. The van der Waals surface area contributed by atoms with Crippen molar-refractivity contribution in [3.8, 4) is 11.5 Å². The number of carbonyl (C=O) groups excluding carboxylic acids is 1. The molecular weight excluding hydrogens is 316 g/mol. The number of nitrogens with zero attached hydrogens (tertiary/aromatic N) is 1. The normalized spacial score (nSPS) is 17.8. The first-order valence-corrected chi connectivity index (χ1v) is 8.07. The number of carbonyl (C=O) groups is 1. The second-order valence-corrected chi connectivity index (χ2v) is 6.07. The van der Waals surface area contributed by atoms with E-state index in [1.807, 2.05) is 24.8 Å². The van der Waals surface area contributed by atoms with Gasteiger partial charge in [0.2, 0.25) is 5.91 Å². The van der Waals surface area contributed by atoms with E-state index in [2.05, 4.69) is 6.07 Å². The molecule has 1 saturated carbocycles. The van der Waals surface area contributed by atoms with E-state index in [9.17, 15) is 4.79 Å². The number of halogens is 1. The van der Waals surface area contributed by atoms with E-state index in [4.69, 9.17) is 15.2 Å². The molecule has 5 nitrogen and oxygen atoms in total. The number of benzene rings is 1. The Hall–Kier alpha value is -1.46. The standard InChI is InChI=1S/C17H24N2O3.ClH/c1-3-21-14-9-12-5-8-19(16(20)17(18)6-7-17)11-13(12)10-15(14)22-4-2;/h9-10H,3-8,11,18H2,1-2H3;1H. The van der Waals surface area contributed by atoms with Crippen LogP contribution in [0.1, 0.15) is 37.8 Å². The van der Waals surface area contributed by atoms with E-state index in [1.54, 1.807) is 0 Å². The van der Waals surface area contributed by atoms with Gasteiger partial charge >= 0.3 is 0 Å². The molecule has 1 amide bonds. The Morgan fingerprint density at radius 2 is 1.74 bits per heavy atom. The summed E-state index contributed by atoms with van der Waals surface area (Å²) in [6, 6.07) is 4.07. The molecule has 128 valence electrons. The zero-order valence-corrected chi connectivity index (χ0v) is 14.6. The summed E-state index contributed by atoms with van der Waals surface area (Å²) in [6.07, 6.45) is 2.45. The highest BCUT2D eigenvalue weighted by Crippen LogP contribution is 2.37. The van der Waals surface area contributed by atoms with Gasteiger partial charge < -0.3 is 20.1 Å². The third-order valence-electron chi connectivity index (χ3n) is 4.38. The highest BCUT2D eigenvalue weighted by Gasteiger charge is 2.48. The van der Waals surface area contributed by atoms with Crippen molar-refractivity contribution >= 4 is 18.3 Å². The summed E-state index contributed by atoms with van der Waals surface area (Å²) in [5.74, 6) is 1.64. The Labute approximate surface area is 143 Å². The van der Waals surface area contributed by atoms with Crippen LogP contribution >= 0.6 is 12.4 Å². The zero-order chi connectivity index (χ0) is 15.7. The molecule has 1 aliphatic carbocycles. The van der Waals surface area contributed by atoms with Crippen LogP contribution < -0.4 is 15.2 Å². The van der Waals surface area contributed by atoms with Gasteiger partial charge in [-0.15, -0.1) is 12.4 Å². The van der Waals surface area contributed by atoms with E-state index in [1.165, 1.54) is 5.56 Å². The maximum atomic E-state index is 12.4. The molecule has 0 unspecified atom stereocenters. The first-order valence-electron chi connectivity index (χ1n) is 8.07. The fourth-order valence-corrected chi connectivity index (χ4v) is 2.94. The Kier molecular flexibility index (Phi) is 5.42. The highest BCUT2D eigenvalue weighted by molar-refractivity contribution is 5.89. The Morgan fingerprint density at radius 3 is 2.26 bits per heavy atom. The summed E-state index contributed by atoms with van der Waals surface area (Å²) in [5, 5.41) is 0. The average Bonchev–Trinajstić information content (AvgIpc) is 3.26. The van der Waals surface area contributed by atoms with Crippen LogP contribution in [-0.4, -0.2) is 36.1 Å². The quantitative estimate of drug-likeness (QED) is 0.893. The maximum absolute atomic E-state index is 12.4. The lowest BCUT2D eigenvalue weighted by Gasteiger charge is -2.31. The van der Waals surface area contributed by atoms with Crippen LogP contribution in [-0.2, 0) is 17.8 Å². The molecule has 0 saturated heterocycles. The van der Waals surface area contributed by atoms with Crippen LogP contribution in [0.3, 0.4) is 0 Å². The number of hydrogen-bond acceptors (Lipinski definition) is 4. The molecule has 1 aliphatic heterocycles. The fourth-order valence-electron chi connectivity index (χ4n) is 2.94. The number of amides is 1. The summed E-state index contributed by atoms with van der Waals surface area (Å²) < 4.78 is 11.3. The highest BCUT2D eigenvalue weighted by atomic mass is 35.5. The summed E-state index contributed by atoms with van der Waals surface area (Å²) in [6.45, 7) is 6.46. The monoisotopic (exact) mass is 340 g/mol. The van der Waals surface area contributed by atoms with Crippen LogP contribution in [0.5, 0.6) is 11.5 Å². The van der Waals surface area contributed by atoms with Crippen LogP contribution in [0.15, 0.2) is 12.1 Å². The summed E-state index contributed by atoms with van der Waals surface area (Å²) in [5.41, 5.74) is 7.82. The minimum absolute atomic E-state index is 0. The zero-order valence-electron chi connectivity index (χ0n) is 13.8. The van der Waals surface area contributed by atoms with Gasteiger partial charge in [0.25, 0.3) is 0 Å². The van der Waals surface area contributed by atoms with E-state index in [0.717, 1.165) is 42.9 Å². The molecule has 0 atom stereocenters. The number of rotatable bonds is 5. The van der Waals surface area contributed by atoms with Crippen LogP contribution in [0.4, 0.5) is 0 Å². The molecule has 6 heteroatoms. The molecular formula is C17H25ClN2O3. The van der Waals surface area contributed by atoms with Crippen molar-refractivity contribution in [3.63, 3.8) is 0 Å². The molecule has 1 aromatic rings. The van der Waals surface area contributed by atoms with Crippen molar-refractivity contribution in [2.75, 3.05) is 19.8 Å². The molecule has 0 radical (unpaired) electrons. The molecule has 23 heavy (non-hydrogen) atoms. The fraction of sp³-hybridized carbons (Fsp3) is 0.588. The number of fused-ring (bicyclic) bond motifs is 1. The Morgan fingerprint density at radius 1 is 1.17 bits per heavy atom. The molecule has 0 aromatic heterocycles. The van der Waals surface area contributed by atoms with E-state index < -0.39 is 5.54 Å². The minimum atomic E-state index is -0.592. The number of hydrogen-bond donors (Lipinski definition) is 1. The van der Waals surface area contributed by atoms with Crippen molar-refractivity contribution in [1.82, 2.24) is 4.90 Å². The van der Waals surface area contributed by atoms with Crippen molar-refractivity contribution in [2.24, 2.45) is 5.73 Å². The van der Waals surface area contributed by atoms with Crippen molar-refractivity contribution in [3.05, 3.63) is 23.3 Å². The van der Waals surface area contributed by atoms with Crippen molar-refractivity contribution in [1.29, 1.82) is 0 Å². The first kappa shape index (κ1) is 17.9. The van der Waals surface area contributed by atoms with Crippen molar-refractivity contribution in [2.45, 2.75) is 45.2 Å². The smallest absolute Gasteiger partial charge is 0.242 e. The lowest BCUT2D eigenvalue weighted by molar-refractivity contribution is -0.134. The van der Waals surface area contributed by atoms with Gasteiger partial charge in [-0.1, -0.05) is 0 Å². The number of nitrogens with two attached hydrogens (primary N) is 1. The molecule has 1 heterocycles. The topological polar surface area (TPSA) is 64.8 Å². The summed E-state index contributed by atoms with van der Waals surface area (Å²) in [4.78, 5) is 14.3. The van der Waals surface area contributed by atoms with Gasteiger partial charge in [0.1, 0.15) is 0 Å². The molecule has 3 rings (SSSR count). The largest absolute Gasteiger partial charge is 0.490 e. The lowest BCUT2D eigenvalue weighted by atomic mass is 9.98. The van der Waals surface area contributed by atoms with Crippen molar-refractivity contribution < 1.29 is 14.3 Å². The molecule has 2 aliphatic rings. The number of ether oxygens (including phenoxy) is 2. The Bertz CT molecular complexity index is 587. The van der Waals surface area contributed by atoms with Gasteiger partial charge in [-0.05, 0) is 56.4 Å². The van der Waals surface area contributed by atoms with Crippen LogP contribution in [0.2, 0.25) is 0 Å². The van der Waals surface area contributed by atoms with Gasteiger partial charge in [0.15, 0.2) is 11.5 Å². The first-order chi connectivity index (χ1) is 10.6. The van der Waals surface area contributed by atoms with Crippen LogP contribution in [0, 0.1) is 0 Å². The van der Waals surface area contributed by atoms with E-state index in [-0.39, 0.29) is 18.3 Å². The Balaban J connectivity index is 0.00000192. The van der Waals surface area contributed by atoms with Crippen LogP contribution in [0.25, 0.3) is 0 Å². The SMILES string of the molecule is CCOc1cc2c(cc1OCC)CN(C(=O)C1(N)CC1)CC2.Cl. The van der Waals surface area contributed by atoms with E-state index in [0.29, 0.717) is 19.8 Å². The van der Waals surface area contributed by atoms with E-state index >= 15 is 0 Å². The predicted octanol–water partition coefficient (Wildman–Crippen LogP) is 2.28. The molecule has 0 bridgehead atoms. The van der Waals surface area contributed by atoms with Gasteiger partial charge in [-0.3, -0.25) is 4.79 Å². The average molecular weight is 341 g/mol. The summed E-state index contributed by atoms with van der Waals surface area (Å²) >= 11 is 0. The summed E-state index contributed by atoms with van der Waals surface area (Å²) in [7, 11) is 0.